The number of fused-ring (bicyclic) bond motifs is 1. The van der Waals surface area contributed by atoms with Gasteiger partial charge in [0.1, 0.15) is 5.82 Å². The zero-order valence-electron chi connectivity index (χ0n) is 14.9. The highest BCUT2D eigenvalue weighted by Crippen LogP contribution is 2.34. The fourth-order valence-corrected chi connectivity index (χ4v) is 3.13. The Bertz CT molecular complexity index is 1010. The number of hydroxylamine groups is 1. The molecule has 0 radical (unpaired) electrons. The van der Waals surface area contributed by atoms with Crippen LogP contribution in [0.2, 0.25) is 0 Å². The van der Waals surface area contributed by atoms with E-state index >= 15 is 0 Å². The first-order chi connectivity index (χ1) is 13.2. The fraction of sp³-hybridized carbons (Fsp3) is 0.286. The predicted octanol–water partition coefficient (Wildman–Crippen LogP) is 2.91. The lowest BCUT2D eigenvalue weighted by Crippen LogP contribution is -2.27. The van der Waals surface area contributed by atoms with Gasteiger partial charge in [0.25, 0.3) is 5.56 Å². The monoisotopic (exact) mass is 363 g/mol. The molecule has 138 valence electrons. The summed E-state index contributed by atoms with van der Waals surface area (Å²) in [4.78, 5) is 34.8. The first-order valence-corrected chi connectivity index (χ1v) is 9.17. The number of carbonyl (C=O) groups is 1. The van der Waals surface area contributed by atoms with Crippen molar-refractivity contribution in [3.63, 3.8) is 0 Å². The average molecular weight is 363 g/mol. The van der Waals surface area contributed by atoms with Gasteiger partial charge in [0.05, 0.1) is 17.5 Å². The number of amides is 1. The molecule has 1 saturated carbocycles. The SMILES string of the molecule is O=C(CCc1nc2ccccc2c(=O)n1C1CC1)NOCc1ccccc1. The molecular weight excluding hydrogens is 342 g/mol. The van der Waals surface area contributed by atoms with Gasteiger partial charge >= 0.3 is 0 Å². The van der Waals surface area contributed by atoms with Crippen LogP contribution in [0.3, 0.4) is 0 Å². The van der Waals surface area contributed by atoms with Gasteiger partial charge in [-0.2, -0.15) is 0 Å². The standard InChI is InChI=1S/C21H21N3O3/c25-20(23-27-14-15-6-2-1-3-7-15)13-12-19-22-18-9-5-4-8-17(18)21(26)24(19)16-10-11-16/h1-9,16H,10-14H2,(H,23,25). The molecular formula is C21H21N3O3. The second-order valence-electron chi connectivity index (χ2n) is 6.75. The van der Waals surface area contributed by atoms with Crippen molar-refractivity contribution in [2.24, 2.45) is 0 Å². The summed E-state index contributed by atoms with van der Waals surface area (Å²) in [7, 11) is 0. The minimum atomic E-state index is -0.226. The summed E-state index contributed by atoms with van der Waals surface area (Å²) in [6.45, 7) is 0.313. The van der Waals surface area contributed by atoms with E-state index in [9.17, 15) is 9.59 Å². The molecule has 1 amide bonds. The van der Waals surface area contributed by atoms with E-state index in [4.69, 9.17) is 4.84 Å². The van der Waals surface area contributed by atoms with Gasteiger partial charge in [-0.05, 0) is 30.5 Å². The van der Waals surface area contributed by atoms with Crippen LogP contribution in [-0.4, -0.2) is 15.5 Å². The van der Waals surface area contributed by atoms with Crippen molar-refractivity contribution in [3.05, 3.63) is 76.3 Å². The quantitative estimate of drug-likeness (QED) is 0.655. The molecule has 0 bridgehead atoms. The van der Waals surface area contributed by atoms with Crippen molar-refractivity contribution in [3.8, 4) is 0 Å². The summed E-state index contributed by atoms with van der Waals surface area (Å²) < 4.78 is 1.76. The van der Waals surface area contributed by atoms with E-state index in [1.54, 1.807) is 10.6 Å². The van der Waals surface area contributed by atoms with E-state index < -0.39 is 0 Å². The zero-order valence-corrected chi connectivity index (χ0v) is 14.9. The Morgan fingerprint density at radius 2 is 1.85 bits per heavy atom. The number of benzene rings is 2. The Morgan fingerprint density at radius 1 is 1.11 bits per heavy atom. The zero-order chi connectivity index (χ0) is 18.6. The van der Waals surface area contributed by atoms with Crippen LogP contribution >= 0.6 is 0 Å². The lowest BCUT2D eigenvalue weighted by atomic mass is 10.2. The van der Waals surface area contributed by atoms with Crippen molar-refractivity contribution in [2.75, 3.05) is 0 Å². The lowest BCUT2D eigenvalue weighted by molar-refractivity contribution is -0.134. The Hall–Kier alpha value is -2.99. The third-order valence-corrected chi connectivity index (χ3v) is 4.64. The molecule has 1 heterocycles. The van der Waals surface area contributed by atoms with Gasteiger partial charge in [0, 0.05) is 18.9 Å². The molecule has 4 rings (SSSR count). The van der Waals surface area contributed by atoms with E-state index in [0.717, 1.165) is 18.4 Å². The van der Waals surface area contributed by atoms with Crippen LogP contribution in [-0.2, 0) is 22.7 Å². The number of nitrogens with one attached hydrogen (secondary N) is 1. The Morgan fingerprint density at radius 3 is 2.63 bits per heavy atom. The van der Waals surface area contributed by atoms with Gasteiger partial charge in [-0.3, -0.25) is 19.0 Å². The number of aromatic nitrogens is 2. The van der Waals surface area contributed by atoms with E-state index in [1.807, 2.05) is 48.5 Å². The first kappa shape index (κ1) is 17.4. The second kappa shape index (κ2) is 7.72. The van der Waals surface area contributed by atoms with E-state index in [2.05, 4.69) is 10.5 Å². The van der Waals surface area contributed by atoms with Crippen molar-refractivity contribution < 1.29 is 9.63 Å². The maximum atomic E-state index is 12.8. The molecule has 27 heavy (non-hydrogen) atoms. The summed E-state index contributed by atoms with van der Waals surface area (Å²) in [5, 5.41) is 0.629. The normalized spacial score (nSPS) is 13.6. The maximum Gasteiger partial charge on any atom is 0.261 e. The molecule has 6 heteroatoms. The molecule has 0 atom stereocenters. The predicted molar refractivity (Wildman–Crippen MR) is 102 cm³/mol. The fourth-order valence-electron chi connectivity index (χ4n) is 3.13. The van der Waals surface area contributed by atoms with Crippen LogP contribution in [0.1, 0.15) is 36.7 Å². The number of carbonyl (C=O) groups excluding carboxylic acids is 1. The van der Waals surface area contributed by atoms with Crippen molar-refractivity contribution in [1.82, 2.24) is 15.0 Å². The van der Waals surface area contributed by atoms with Gasteiger partial charge in [-0.25, -0.2) is 10.5 Å². The van der Waals surface area contributed by atoms with E-state index in [-0.39, 0.29) is 23.9 Å². The van der Waals surface area contributed by atoms with Gasteiger partial charge in [0.2, 0.25) is 5.91 Å². The van der Waals surface area contributed by atoms with Crippen molar-refractivity contribution in [1.29, 1.82) is 0 Å². The molecule has 1 fully saturated rings. The number of rotatable bonds is 7. The molecule has 0 unspecified atom stereocenters. The smallest absolute Gasteiger partial charge is 0.261 e. The summed E-state index contributed by atoms with van der Waals surface area (Å²) in [6.07, 6.45) is 2.59. The molecule has 1 N–H and O–H groups in total. The van der Waals surface area contributed by atoms with Gasteiger partial charge in [-0.15, -0.1) is 0 Å². The molecule has 2 aromatic carbocycles. The first-order valence-electron chi connectivity index (χ1n) is 9.17. The third kappa shape index (κ3) is 4.06. The molecule has 3 aromatic rings. The molecule has 0 saturated heterocycles. The third-order valence-electron chi connectivity index (χ3n) is 4.64. The lowest BCUT2D eigenvalue weighted by Gasteiger charge is -2.13. The van der Waals surface area contributed by atoms with Crippen LogP contribution in [0.25, 0.3) is 10.9 Å². The maximum absolute atomic E-state index is 12.8. The molecule has 1 aliphatic rings. The Balaban J connectivity index is 1.41. The summed E-state index contributed by atoms with van der Waals surface area (Å²) >= 11 is 0. The van der Waals surface area contributed by atoms with Crippen LogP contribution in [0.5, 0.6) is 0 Å². The van der Waals surface area contributed by atoms with Crippen molar-refractivity contribution in [2.45, 2.75) is 38.3 Å². The van der Waals surface area contributed by atoms with E-state index in [0.29, 0.717) is 29.8 Å². The van der Waals surface area contributed by atoms with Gasteiger partial charge in [-0.1, -0.05) is 42.5 Å². The number of hydrogen-bond acceptors (Lipinski definition) is 4. The Kier molecular flexibility index (Phi) is 4.98. The average Bonchev–Trinajstić information content (AvgIpc) is 3.52. The summed E-state index contributed by atoms with van der Waals surface area (Å²) in [5.74, 6) is 0.440. The second-order valence-corrected chi connectivity index (χ2v) is 6.75. The van der Waals surface area contributed by atoms with Gasteiger partial charge < -0.3 is 0 Å². The van der Waals surface area contributed by atoms with Crippen LogP contribution < -0.4 is 11.0 Å². The number of nitrogens with zero attached hydrogens (tertiary/aromatic N) is 2. The molecule has 0 aliphatic heterocycles. The van der Waals surface area contributed by atoms with Crippen LogP contribution in [0.4, 0.5) is 0 Å². The summed E-state index contributed by atoms with van der Waals surface area (Å²) in [6, 6.07) is 17.2. The minimum Gasteiger partial charge on any atom is -0.293 e. The minimum absolute atomic E-state index is 0.0150. The highest BCUT2D eigenvalue weighted by atomic mass is 16.6. The van der Waals surface area contributed by atoms with Gasteiger partial charge in [0.15, 0.2) is 0 Å². The highest BCUT2D eigenvalue weighted by molar-refractivity contribution is 5.78. The van der Waals surface area contributed by atoms with E-state index in [1.165, 1.54) is 0 Å². The number of hydrogen-bond donors (Lipinski definition) is 1. The largest absolute Gasteiger partial charge is 0.293 e. The topological polar surface area (TPSA) is 73.2 Å². The molecule has 6 nitrogen and oxygen atoms in total. The van der Waals surface area contributed by atoms with Crippen LogP contribution in [0.15, 0.2) is 59.4 Å². The Labute approximate surface area is 156 Å². The van der Waals surface area contributed by atoms with Crippen molar-refractivity contribution >= 4 is 16.8 Å². The molecule has 1 aliphatic carbocycles. The molecule has 0 spiro atoms. The highest BCUT2D eigenvalue weighted by Gasteiger charge is 2.28. The van der Waals surface area contributed by atoms with Crippen LogP contribution in [0, 0.1) is 0 Å². The number of para-hydroxylation sites is 1. The molecule has 1 aromatic heterocycles. The summed E-state index contributed by atoms with van der Waals surface area (Å²) in [5.41, 5.74) is 4.11. The number of aryl methyl sites for hydroxylation is 1.